The number of carbonyl (C=O) groups is 2. The number of aliphatic carboxylic acids is 1. The van der Waals surface area contributed by atoms with Gasteiger partial charge in [-0.05, 0) is 40.3 Å². The van der Waals surface area contributed by atoms with Gasteiger partial charge in [0.15, 0.2) is 0 Å². The van der Waals surface area contributed by atoms with Crippen LogP contribution in [-0.4, -0.2) is 34.8 Å². The Morgan fingerprint density at radius 3 is 2.29 bits per heavy atom. The highest BCUT2D eigenvalue weighted by atomic mass is 16.5. The van der Waals surface area contributed by atoms with Crippen LogP contribution in [0.1, 0.15) is 41.0 Å². The van der Waals surface area contributed by atoms with E-state index < -0.39 is 24.0 Å². The molecule has 1 aliphatic carbocycles. The number of fused-ring (bicyclic) bond motifs is 4. The molecular weight excluding hydrogens is 428 g/mol. The van der Waals surface area contributed by atoms with Gasteiger partial charge in [-0.3, -0.25) is 0 Å². The van der Waals surface area contributed by atoms with E-state index in [-0.39, 0.29) is 12.5 Å². The second-order valence-corrected chi connectivity index (χ2v) is 8.82. The summed E-state index contributed by atoms with van der Waals surface area (Å²) in [4.78, 5) is 28.0. The summed E-state index contributed by atoms with van der Waals surface area (Å²) in [6, 6.07) is 20.9. The first-order valence-corrected chi connectivity index (χ1v) is 11.4. The Labute approximate surface area is 197 Å². The van der Waals surface area contributed by atoms with Crippen LogP contribution >= 0.6 is 0 Å². The van der Waals surface area contributed by atoms with E-state index in [9.17, 15) is 14.7 Å². The number of aromatic nitrogens is 1. The van der Waals surface area contributed by atoms with E-state index in [1.807, 2.05) is 67.7 Å². The molecule has 1 aromatic heterocycles. The first kappa shape index (κ1) is 21.8. The van der Waals surface area contributed by atoms with Crippen molar-refractivity contribution in [2.75, 3.05) is 6.61 Å². The SMILES string of the molecule is Cc1cccc2c([C@H](C)[C@H](NC(=O)OCC3c4ccccc4-c4ccccc43)C(=O)O)c[nH]c12. The van der Waals surface area contributed by atoms with Gasteiger partial charge < -0.3 is 20.1 Å². The Morgan fingerprint density at radius 1 is 1.00 bits per heavy atom. The number of ether oxygens (including phenoxy) is 1. The highest BCUT2D eigenvalue weighted by Crippen LogP contribution is 2.44. The third-order valence-electron chi connectivity index (χ3n) is 6.83. The smallest absolute Gasteiger partial charge is 0.407 e. The summed E-state index contributed by atoms with van der Waals surface area (Å²) in [6.07, 6.45) is 1.08. The van der Waals surface area contributed by atoms with Crippen molar-refractivity contribution in [1.82, 2.24) is 10.3 Å². The quantitative estimate of drug-likeness (QED) is 0.355. The number of amides is 1. The van der Waals surface area contributed by atoms with Gasteiger partial charge in [0.2, 0.25) is 0 Å². The number of hydrogen-bond acceptors (Lipinski definition) is 3. The van der Waals surface area contributed by atoms with Crippen LogP contribution in [0.5, 0.6) is 0 Å². The molecule has 0 fully saturated rings. The molecule has 1 amide bonds. The molecular formula is C28H26N2O4. The normalized spacial score (nSPS) is 14.3. The monoisotopic (exact) mass is 454 g/mol. The van der Waals surface area contributed by atoms with Crippen LogP contribution in [-0.2, 0) is 9.53 Å². The Hall–Kier alpha value is -4.06. The Bertz CT molecular complexity index is 1340. The van der Waals surface area contributed by atoms with Crippen LogP contribution in [0, 0.1) is 6.92 Å². The summed E-state index contributed by atoms with van der Waals surface area (Å²) in [5.41, 5.74) is 7.37. The average Bonchev–Trinajstić information content (AvgIpc) is 3.41. The summed E-state index contributed by atoms with van der Waals surface area (Å²) in [7, 11) is 0. The van der Waals surface area contributed by atoms with E-state index in [1.54, 1.807) is 6.92 Å². The highest BCUT2D eigenvalue weighted by Gasteiger charge is 2.32. The molecule has 34 heavy (non-hydrogen) atoms. The molecule has 0 bridgehead atoms. The number of carbonyl (C=O) groups excluding carboxylic acids is 1. The first-order valence-electron chi connectivity index (χ1n) is 11.4. The van der Waals surface area contributed by atoms with Gasteiger partial charge in [0.25, 0.3) is 0 Å². The van der Waals surface area contributed by atoms with Crippen molar-refractivity contribution in [1.29, 1.82) is 0 Å². The molecule has 0 spiro atoms. The van der Waals surface area contributed by atoms with Crippen LogP contribution in [0.15, 0.2) is 72.9 Å². The second kappa shape index (κ2) is 8.71. The molecule has 3 aromatic carbocycles. The van der Waals surface area contributed by atoms with Gasteiger partial charge in [-0.2, -0.15) is 0 Å². The van der Waals surface area contributed by atoms with E-state index in [0.717, 1.165) is 44.3 Å². The zero-order chi connectivity index (χ0) is 23.8. The van der Waals surface area contributed by atoms with E-state index >= 15 is 0 Å². The molecule has 1 heterocycles. The van der Waals surface area contributed by atoms with E-state index in [0.29, 0.717) is 0 Å². The second-order valence-electron chi connectivity index (χ2n) is 8.82. The van der Waals surface area contributed by atoms with Crippen molar-refractivity contribution in [3.63, 3.8) is 0 Å². The Balaban J connectivity index is 1.32. The molecule has 4 aromatic rings. The van der Waals surface area contributed by atoms with Crippen molar-refractivity contribution in [3.8, 4) is 11.1 Å². The number of alkyl carbamates (subject to hydrolysis) is 1. The van der Waals surface area contributed by atoms with E-state index in [2.05, 4.69) is 22.4 Å². The number of para-hydroxylation sites is 1. The van der Waals surface area contributed by atoms with Crippen molar-refractivity contribution < 1.29 is 19.4 Å². The fourth-order valence-corrected chi connectivity index (χ4v) is 5.05. The highest BCUT2D eigenvalue weighted by molar-refractivity contribution is 5.88. The molecule has 0 aliphatic heterocycles. The fraction of sp³-hybridized carbons (Fsp3) is 0.214. The van der Waals surface area contributed by atoms with Crippen LogP contribution in [0.3, 0.4) is 0 Å². The number of carboxylic acid groups (broad SMARTS) is 1. The largest absolute Gasteiger partial charge is 0.480 e. The summed E-state index contributed by atoms with van der Waals surface area (Å²) in [5, 5.41) is 13.4. The van der Waals surface area contributed by atoms with Crippen molar-refractivity contribution in [3.05, 3.63) is 95.2 Å². The third kappa shape index (κ3) is 3.71. The molecule has 0 unspecified atom stereocenters. The molecule has 2 atom stereocenters. The molecule has 5 rings (SSSR count). The lowest BCUT2D eigenvalue weighted by Gasteiger charge is -2.22. The van der Waals surface area contributed by atoms with E-state index in [4.69, 9.17) is 4.74 Å². The fourth-order valence-electron chi connectivity index (χ4n) is 5.05. The summed E-state index contributed by atoms with van der Waals surface area (Å²) >= 11 is 0. The molecule has 6 heteroatoms. The lowest BCUT2D eigenvalue weighted by molar-refractivity contribution is -0.139. The summed E-state index contributed by atoms with van der Waals surface area (Å²) < 4.78 is 5.57. The van der Waals surface area contributed by atoms with Crippen LogP contribution in [0.25, 0.3) is 22.0 Å². The van der Waals surface area contributed by atoms with Gasteiger partial charge in [0.1, 0.15) is 12.6 Å². The van der Waals surface area contributed by atoms with E-state index in [1.165, 1.54) is 0 Å². The van der Waals surface area contributed by atoms with Gasteiger partial charge in [-0.25, -0.2) is 9.59 Å². The Morgan fingerprint density at radius 2 is 1.65 bits per heavy atom. The minimum Gasteiger partial charge on any atom is -0.480 e. The van der Waals surface area contributed by atoms with Gasteiger partial charge in [0.05, 0.1) is 0 Å². The van der Waals surface area contributed by atoms with Gasteiger partial charge in [-0.1, -0.05) is 73.7 Å². The van der Waals surface area contributed by atoms with Crippen molar-refractivity contribution in [2.24, 2.45) is 0 Å². The number of aryl methyl sites for hydroxylation is 1. The lowest BCUT2D eigenvalue weighted by Crippen LogP contribution is -2.44. The predicted octanol–water partition coefficient (Wildman–Crippen LogP) is 5.57. The number of hydrogen-bond donors (Lipinski definition) is 3. The van der Waals surface area contributed by atoms with Crippen molar-refractivity contribution >= 4 is 23.0 Å². The predicted molar refractivity (Wildman–Crippen MR) is 131 cm³/mol. The molecule has 6 nitrogen and oxygen atoms in total. The number of nitrogens with one attached hydrogen (secondary N) is 2. The average molecular weight is 455 g/mol. The molecule has 3 N–H and O–H groups in total. The third-order valence-corrected chi connectivity index (χ3v) is 6.83. The zero-order valence-corrected chi connectivity index (χ0v) is 19.0. The van der Waals surface area contributed by atoms with Crippen molar-refractivity contribution in [2.45, 2.75) is 31.7 Å². The molecule has 0 saturated heterocycles. The molecule has 0 radical (unpaired) electrons. The minimum atomic E-state index is -1.13. The number of H-pyrrole nitrogens is 1. The van der Waals surface area contributed by atoms with Gasteiger partial charge >= 0.3 is 12.1 Å². The number of rotatable bonds is 6. The van der Waals surface area contributed by atoms with Crippen LogP contribution in [0.4, 0.5) is 4.79 Å². The minimum absolute atomic E-state index is 0.0876. The lowest BCUT2D eigenvalue weighted by atomic mass is 9.92. The summed E-state index contributed by atoms with van der Waals surface area (Å²) in [6.45, 7) is 3.93. The maximum Gasteiger partial charge on any atom is 0.407 e. The standard InChI is InChI=1S/C28H26N2O4/c1-16-8-7-13-22-23(14-29-25(16)22)17(2)26(27(31)32)30-28(33)34-15-24-20-11-5-3-9-18(20)19-10-4-6-12-21(19)24/h3-14,17,24,26,29H,15H2,1-2H3,(H,30,33)(H,31,32)/t17-,26-/m0/s1. The molecule has 0 saturated carbocycles. The van der Waals surface area contributed by atoms with Crippen LogP contribution in [0.2, 0.25) is 0 Å². The number of aromatic amines is 1. The first-order chi connectivity index (χ1) is 16.5. The zero-order valence-electron chi connectivity index (χ0n) is 19.0. The maximum atomic E-state index is 12.7. The Kier molecular flexibility index (Phi) is 5.57. The molecule has 172 valence electrons. The molecule has 1 aliphatic rings. The topological polar surface area (TPSA) is 91.4 Å². The number of carboxylic acids is 1. The van der Waals surface area contributed by atoms with Gasteiger partial charge in [0, 0.05) is 28.9 Å². The number of benzene rings is 3. The van der Waals surface area contributed by atoms with Crippen LogP contribution < -0.4 is 5.32 Å². The van der Waals surface area contributed by atoms with Gasteiger partial charge in [-0.15, -0.1) is 0 Å². The summed E-state index contributed by atoms with van der Waals surface area (Å²) in [5.74, 6) is -1.66. The maximum absolute atomic E-state index is 12.7.